The maximum Gasteiger partial charge on any atom is 0.259 e. The van der Waals surface area contributed by atoms with Gasteiger partial charge in [0.2, 0.25) is 5.91 Å². The topological polar surface area (TPSA) is 92.6 Å². The third-order valence-corrected chi connectivity index (χ3v) is 6.08. The Bertz CT molecular complexity index is 1130. The smallest absolute Gasteiger partial charge is 0.259 e. The Morgan fingerprint density at radius 2 is 1.97 bits per heavy atom. The van der Waals surface area contributed by atoms with Crippen molar-refractivity contribution in [1.29, 1.82) is 0 Å². The third-order valence-electron chi connectivity index (χ3n) is 5.15. The van der Waals surface area contributed by atoms with Crippen LogP contribution in [0.4, 0.5) is 11.4 Å². The predicted octanol–water partition coefficient (Wildman–Crippen LogP) is 3.69. The number of aliphatic imine (C=N–C) groups is 2. The molecule has 8 nitrogen and oxygen atoms in total. The minimum atomic E-state index is -0.459. The van der Waals surface area contributed by atoms with E-state index in [0.29, 0.717) is 28.2 Å². The van der Waals surface area contributed by atoms with Crippen molar-refractivity contribution in [2.45, 2.75) is 19.9 Å². The molecule has 9 heteroatoms. The van der Waals surface area contributed by atoms with Gasteiger partial charge in [0.05, 0.1) is 31.3 Å². The van der Waals surface area contributed by atoms with Gasteiger partial charge in [-0.05, 0) is 30.2 Å². The van der Waals surface area contributed by atoms with Crippen LogP contribution in [0.15, 0.2) is 52.4 Å². The van der Waals surface area contributed by atoms with E-state index >= 15 is 0 Å². The maximum absolute atomic E-state index is 13.1. The Balaban J connectivity index is 1.53. The predicted molar refractivity (Wildman–Crippen MR) is 126 cm³/mol. The van der Waals surface area contributed by atoms with Crippen LogP contribution in [0.3, 0.4) is 0 Å². The fourth-order valence-corrected chi connectivity index (χ4v) is 4.32. The van der Waals surface area contributed by atoms with Gasteiger partial charge < -0.3 is 14.8 Å². The van der Waals surface area contributed by atoms with Crippen LogP contribution in [0.5, 0.6) is 11.5 Å². The summed E-state index contributed by atoms with van der Waals surface area (Å²) in [6, 6.07) is 12.3. The molecule has 2 aliphatic rings. The molecule has 166 valence electrons. The molecule has 2 amide bonds. The molecule has 2 aliphatic heterocycles. The molecule has 2 aromatic rings. The first-order valence-electron chi connectivity index (χ1n) is 10.2. The fraction of sp³-hybridized carbons (Fsp3) is 0.304. The summed E-state index contributed by atoms with van der Waals surface area (Å²) in [5.41, 5.74) is 2.09. The zero-order valence-electron chi connectivity index (χ0n) is 18.3. The Hall–Kier alpha value is -3.33. The number of amidine groups is 2. The van der Waals surface area contributed by atoms with Gasteiger partial charge in [-0.3, -0.25) is 14.6 Å². The summed E-state index contributed by atoms with van der Waals surface area (Å²) in [6.45, 7) is 3.94. The van der Waals surface area contributed by atoms with Gasteiger partial charge in [-0.25, -0.2) is 9.89 Å². The van der Waals surface area contributed by atoms with Crippen molar-refractivity contribution in [3.05, 3.63) is 48.0 Å². The lowest BCUT2D eigenvalue weighted by atomic mass is 10.1. The number of thioether (sulfide) groups is 1. The summed E-state index contributed by atoms with van der Waals surface area (Å²) in [6.07, 6.45) is 0. The first kappa shape index (κ1) is 21.9. The Labute approximate surface area is 190 Å². The highest BCUT2D eigenvalue weighted by atomic mass is 32.2. The van der Waals surface area contributed by atoms with Gasteiger partial charge in [0.25, 0.3) is 5.91 Å². The molecule has 0 unspecified atom stereocenters. The molecule has 0 saturated carbocycles. The zero-order chi connectivity index (χ0) is 22.8. The third kappa shape index (κ3) is 4.08. The lowest BCUT2D eigenvalue weighted by Crippen LogP contribution is -2.42. The molecular formula is C23H24N4O4S. The number of methoxy groups -OCH3 is 2. The van der Waals surface area contributed by atoms with Crippen molar-refractivity contribution in [2.24, 2.45) is 15.9 Å². The number of anilines is 1. The second-order valence-electron chi connectivity index (χ2n) is 7.63. The van der Waals surface area contributed by atoms with Crippen LogP contribution in [-0.2, 0) is 9.59 Å². The maximum atomic E-state index is 13.1. The number of rotatable bonds is 6. The number of amides is 2. The van der Waals surface area contributed by atoms with E-state index in [-0.39, 0.29) is 23.5 Å². The number of benzene rings is 2. The molecule has 2 aromatic carbocycles. The van der Waals surface area contributed by atoms with E-state index in [1.54, 1.807) is 30.2 Å². The van der Waals surface area contributed by atoms with E-state index in [4.69, 9.17) is 9.47 Å². The summed E-state index contributed by atoms with van der Waals surface area (Å²) in [4.78, 5) is 36.6. The molecule has 0 aromatic heterocycles. The van der Waals surface area contributed by atoms with Crippen molar-refractivity contribution < 1.29 is 19.1 Å². The van der Waals surface area contributed by atoms with Crippen molar-refractivity contribution >= 4 is 46.0 Å². The van der Waals surface area contributed by atoms with Crippen molar-refractivity contribution in [3.63, 3.8) is 0 Å². The van der Waals surface area contributed by atoms with Crippen molar-refractivity contribution in [1.82, 2.24) is 4.90 Å². The Morgan fingerprint density at radius 1 is 1.19 bits per heavy atom. The summed E-state index contributed by atoms with van der Waals surface area (Å²) in [7, 11) is 3.09. The monoisotopic (exact) mass is 452 g/mol. The van der Waals surface area contributed by atoms with Crippen molar-refractivity contribution in [3.8, 4) is 11.5 Å². The second-order valence-corrected chi connectivity index (χ2v) is 8.57. The van der Waals surface area contributed by atoms with Crippen LogP contribution in [-0.4, -0.2) is 53.7 Å². The molecule has 0 spiro atoms. The average molecular weight is 453 g/mol. The fourth-order valence-electron chi connectivity index (χ4n) is 3.52. The highest BCUT2D eigenvalue weighted by Crippen LogP contribution is 2.35. The second kappa shape index (κ2) is 9.04. The largest absolute Gasteiger partial charge is 0.497 e. The van der Waals surface area contributed by atoms with Gasteiger partial charge in [0.1, 0.15) is 23.4 Å². The summed E-state index contributed by atoms with van der Waals surface area (Å²) in [5.74, 6) is 1.49. The lowest BCUT2D eigenvalue weighted by Gasteiger charge is -2.25. The molecular weight excluding hydrogens is 428 g/mol. The normalized spacial score (nSPS) is 16.8. The van der Waals surface area contributed by atoms with Crippen LogP contribution in [0.25, 0.3) is 0 Å². The molecule has 0 fully saturated rings. The van der Waals surface area contributed by atoms with Gasteiger partial charge in [-0.15, -0.1) is 0 Å². The van der Waals surface area contributed by atoms with Crippen LogP contribution >= 0.6 is 11.8 Å². The van der Waals surface area contributed by atoms with Crippen molar-refractivity contribution in [2.75, 3.05) is 25.3 Å². The molecule has 0 saturated heterocycles. The minimum Gasteiger partial charge on any atom is -0.497 e. The molecule has 32 heavy (non-hydrogen) atoms. The summed E-state index contributed by atoms with van der Waals surface area (Å²) < 4.78 is 10.5. The number of carbonyl (C=O) groups excluding carboxylic acids is 2. The highest BCUT2D eigenvalue weighted by Gasteiger charge is 2.42. The van der Waals surface area contributed by atoms with E-state index in [2.05, 4.69) is 15.3 Å². The van der Waals surface area contributed by atoms with Gasteiger partial charge in [0, 0.05) is 11.6 Å². The van der Waals surface area contributed by atoms with Crippen LogP contribution < -0.4 is 14.8 Å². The zero-order valence-corrected chi connectivity index (χ0v) is 19.1. The molecule has 1 atom stereocenters. The average Bonchev–Trinajstić information content (AvgIpc) is 3.15. The number of fused-ring (bicyclic) bond motifs is 3. The number of hydrogen-bond acceptors (Lipinski definition) is 7. The number of nitrogens with zero attached hydrogens (tertiary/aromatic N) is 3. The Kier molecular flexibility index (Phi) is 6.18. The van der Waals surface area contributed by atoms with Gasteiger partial charge in [0.15, 0.2) is 5.17 Å². The van der Waals surface area contributed by atoms with E-state index in [0.717, 1.165) is 11.3 Å². The molecule has 0 aliphatic carbocycles. The van der Waals surface area contributed by atoms with Gasteiger partial charge in [-0.1, -0.05) is 37.7 Å². The Morgan fingerprint density at radius 3 is 2.69 bits per heavy atom. The molecule has 2 heterocycles. The van der Waals surface area contributed by atoms with Crippen LogP contribution in [0, 0.1) is 5.92 Å². The molecule has 0 bridgehead atoms. The van der Waals surface area contributed by atoms with Crippen LogP contribution in [0.2, 0.25) is 0 Å². The van der Waals surface area contributed by atoms with E-state index in [1.807, 2.05) is 38.1 Å². The first-order chi connectivity index (χ1) is 15.4. The number of nitrogens with one attached hydrogen (secondary N) is 1. The standard InChI is InChI=1S/C23H24N4O4S/c1-13(2)20-22(29)27-21(26-20)15-7-5-6-8-16(15)25-23(27)32-12-19(28)24-17-10-9-14(30-3)11-18(17)31-4/h5-11,13,20H,12H2,1-4H3,(H,24,28)/t20-/m0/s1. The number of ether oxygens (including phenoxy) is 2. The highest BCUT2D eigenvalue weighted by molar-refractivity contribution is 8.14. The van der Waals surface area contributed by atoms with Crippen LogP contribution in [0.1, 0.15) is 19.4 Å². The van der Waals surface area contributed by atoms with Gasteiger partial charge >= 0.3 is 0 Å². The molecule has 4 rings (SSSR count). The van der Waals surface area contributed by atoms with E-state index in [9.17, 15) is 9.59 Å². The summed E-state index contributed by atoms with van der Waals surface area (Å²) in [5, 5.41) is 3.29. The molecule has 1 N–H and O–H groups in total. The minimum absolute atomic E-state index is 0.0600. The van der Waals surface area contributed by atoms with Gasteiger partial charge in [-0.2, -0.15) is 0 Å². The molecule has 0 radical (unpaired) electrons. The number of carbonyl (C=O) groups is 2. The SMILES string of the molecule is COc1ccc(NC(=O)CSC2=Nc3ccccc3C3=N[C@@H](C(C)C)C(=O)N23)c(OC)c1. The van der Waals surface area contributed by atoms with E-state index in [1.165, 1.54) is 18.9 Å². The quantitative estimate of drug-likeness (QED) is 0.722. The number of hydrogen-bond donors (Lipinski definition) is 1. The number of para-hydroxylation sites is 1. The van der Waals surface area contributed by atoms with E-state index < -0.39 is 6.04 Å². The first-order valence-corrected chi connectivity index (χ1v) is 11.2. The lowest BCUT2D eigenvalue weighted by molar-refractivity contribution is -0.125. The summed E-state index contributed by atoms with van der Waals surface area (Å²) >= 11 is 1.20.